The standard InChI is InChI=1S/C22H24N4O2/c1-25-11-12-26(15-21(25)16-7-4-3-5-8-16)22(27)20-14-19(23-24-20)17-9-6-10-18(13-17)28-2/h3-10,13-14,21H,11-12,15H2,1-2H3,(H,23,24)/t21-/m0/s1. The Hall–Kier alpha value is -3.12. The fourth-order valence-corrected chi connectivity index (χ4v) is 3.63. The molecule has 1 saturated heterocycles. The number of nitrogens with zero attached hydrogens (tertiary/aromatic N) is 3. The van der Waals surface area contributed by atoms with Gasteiger partial charge in [0.1, 0.15) is 11.4 Å². The molecule has 0 unspecified atom stereocenters. The van der Waals surface area contributed by atoms with E-state index in [9.17, 15) is 4.79 Å². The lowest BCUT2D eigenvalue weighted by Gasteiger charge is -2.39. The quantitative estimate of drug-likeness (QED) is 0.760. The second-order valence-electron chi connectivity index (χ2n) is 7.06. The molecular formula is C22H24N4O2. The number of amides is 1. The van der Waals surface area contributed by atoms with Gasteiger partial charge < -0.3 is 9.64 Å². The molecule has 6 nitrogen and oxygen atoms in total. The number of methoxy groups -OCH3 is 1. The van der Waals surface area contributed by atoms with Gasteiger partial charge in [0.05, 0.1) is 18.8 Å². The van der Waals surface area contributed by atoms with Crippen molar-refractivity contribution in [3.8, 4) is 17.0 Å². The molecule has 3 aromatic rings. The summed E-state index contributed by atoms with van der Waals surface area (Å²) in [6.45, 7) is 2.20. The van der Waals surface area contributed by atoms with E-state index in [1.807, 2.05) is 53.4 Å². The molecule has 0 radical (unpaired) electrons. The molecule has 28 heavy (non-hydrogen) atoms. The maximum absolute atomic E-state index is 13.1. The van der Waals surface area contributed by atoms with E-state index in [0.717, 1.165) is 23.6 Å². The van der Waals surface area contributed by atoms with Crippen LogP contribution in [-0.2, 0) is 0 Å². The van der Waals surface area contributed by atoms with Crippen LogP contribution in [0.2, 0.25) is 0 Å². The summed E-state index contributed by atoms with van der Waals surface area (Å²) >= 11 is 0. The molecule has 1 atom stereocenters. The average Bonchev–Trinajstić information content (AvgIpc) is 3.24. The first-order valence-electron chi connectivity index (χ1n) is 9.40. The average molecular weight is 376 g/mol. The SMILES string of the molecule is COc1cccc(-c2cc(C(=O)N3CCN(C)[C@H](c4ccccc4)C3)[nH]n2)c1. The van der Waals surface area contributed by atoms with Gasteiger partial charge in [-0.25, -0.2) is 0 Å². The number of H-pyrrole nitrogens is 1. The van der Waals surface area contributed by atoms with E-state index < -0.39 is 0 Å². The number of ether oxygens (including phenoxy) is 1. The van der Waals surface area contributed by atoms with E-state index in [1.54, 1.807) is 7.11 Å². The number of likely N-dealkylation sites (N-methyl/N-ethyl adjacent to an activating group) is 1. The monoisotopic (exact) mass is 376 g/mol. The van der Waals surface area contributed by atoms with Crippen molar-refractivity contribution in [2.24, 2.45) is 0 Å². The Balaban J connectivity index is 1.52. The van der Waals surface area contributed by atoms with Crippen LogP contribution in [0, 0.1) is 0 Å². The van der Waals surface area contributed by atoms with Crippen LogP contribution < -0.4 is 4.74 Å². The molecule has 1 aromatic heterocycles. The fraction of sp³-hybridized carbons (Fsp3) is 0.273. The molecule has 0 aliphatic carbocycles. The zero-order chi connectivity index (χ0) is 19.5. The minimum atomic E-state index is -0.0179. The van der Waals surface area contributed by atoms with Crippen molar-refractivity contribution in [1.29, 1.82) is 0 Å². The zero-order valence-corrected chi connectivity index (χ0v) is 16.1. The van der Waals surface area contributed by atoms with Gasteiger partial charge in [-0.05, 0) is 30.8 Å². The van der Waals surface area contributed by atoms with Crippen molar-refractivity contribution in [1.82, 2.24) is 20.0 Å². The molecule has 0 spiro atoms. The molecule has 144 valence electrons. The Kier molecular flexibility index (Phi) is 5.12. The van der Waals surface area contributed by atoms with Gasteiger partial charge in [-0.15, -0.1) is 0 Å². The van der Waals surface area contributed by atoms with Gasteiger partial charge in [-0.2, -0.15) is 5.10 Å². The Morgan fingerprint density at radius 2 is 1.93 bits per heavy atom. The number of carbonyl (C=O) groups excluding carboxylic acids is 1. The van der Waals surface area contributed by atoms with E-state index in [-0.39, 0.29) is 11.9 Å². The first-order chi connectivity index (χ1) is 13.7. The van der Waals surface area contributed by atoms with Gasteiger partial charge >= 0.3 is 0 Å². The van der Waals surface area contributed by atoms with Crippen LogP contribution in [0.1, 0.15) is 22.1 Å². The van der Waals surface area contributed by atoms with Crippen LogP contribution in [0.25, 0.3) is 11.3 Å². The van der Waals surface area contributed by atoms with Crippen molar-refractivity contribution in [3.63, 3.8) is 0 Å². The molecule has 6 heteroatoms. The molecule has 0 saturated carbocycles. The number of hydrogen-bond acceptors (Lipinski definition) is 4. The molecule has 1 N–H and O–H groups in total. The summed E-state index contributed by atoms with van der Waals surface area (Å²) in [6, 6.07) is 20.0. The summed E-state index contributed by atoms with van der Waals surface area (Å²) in [6.07, 6.45) is 0. The van der Waals surface area contributed by atoms with Crippen LogP contribution >= 0.6 is 0 Å². The highest BCUT2D eigenvalue weighted by molar-refractivity contribution is 5.93. The lowest BCUT2D eigenvalue weighted by Crippen LogP contribution is -2.49. The molecule has 1 aliphatic rings. The van der Waals surface area contributed by atoms with Crippen molar-refractivity contribution >= 4 is 5.91 Å². The number of aromatic nitrogens is 2. The lowest BCUT2D eigenvalue weighted by molar-refractivity contribution is 0.0540. The van der Waals surface area contributed by atoms with E-state index in [1.165, 1.54) is 5.56 Å². The third-order valence-corrected chi connectivity index (χ3v) is 5.29. The van der Waals surface area contributed by atoms with Crippen molar-refractivity contribution in [3.05, 3.63) is 71.9 Å². The first kappa shape index (κ1) is 18.3. The third-order valence-electron chi connectivity index (χ3n) is 5.29. The first-order valence-corrected chi connectivity index (χ1v) is 9.40. The van der Waals surface area contributed by atoms with Crippen LogP contribution in [-0.4, -0.2) is 59.7 Å². The third kappa shape index (κ3) is 3.64. The highest BCUT2D eigenvalue weighted by Gasteiger charge is 2.29. The Morgan fingerprint density at radius 3 is 2.71 bits per heavy atom. The number of nitrogens with one attached hydrogen (secondary N) is 1. The van der Waals surface area contributed by atoms with Gasteiger partial charge in [0, 0.05) is 25.2 Å². The topological polar surface area (TPSA) is 61.5 Å². The van der Waals surface area contributed by atoms with Crippen molar-refractivity contribution in [2.75, 3.05) is 33.8 Å². The summed E-state index contributed by atoms with van der Waals surface area (Å²) in [5.74, 6) is 0.744. The van der Waals surface area contributed by atoms with Crippen molar-refractivity contribution in [2.45, 2.75) is 6.04 Å². The zero-order valence-electron chi connectivity index (χ0n) is 16.1. The maximum atomic E-state index is 13.1. The largest absolute Gasteiger partial charge is 0.497 e. The van der Waals surface area contributed by atoms with E-state index in [0.29, 0.717) is 18.8 Å². The Bertz CT molecular complexity index is 954. The number of piperazine rings is 1. The second-order valence-corrected chi connectivity index (χ2v) is 7.06. The molecule has 2 aromatic carbocycles. The van der Waals surface area contributed by atoms with E-state index in [2.05, 4.69) is 34.3 Å². The predicted octanol–water partition coefficient (Wildman–Crippen LogP) is 3.21. The number of rotatable bonds is 4. The molecule has 1 fully saturated rings. The second kappa shape index (κ2) is 7.86. The number of aromatic amines is 1. The van der Waals surface area contributed by atoms with Gasteiger partial charge in [0.25, 0.3) is 5.91 Å². The van der Waals surface area contributed by atoms with E-state index >= 15 is 0 Å². The van der Waals surface area contributed by atoms with Crippen LogP contribution in [0.3, 0.4) is 0 Å². The molecular weight excluding hydrogens is 352 g/mol. The maximum Gasteiger partial charge on any atom is 0.271 e. The summed E-state index contributed by atoms with van der Waals surface area (Å²) in [5, 5.41) is 7.24. The van der Waals surface area contributed by atoms with Gasteiger partial charge in [0.15, 0.2) is 0 Å². The highest BCUT2D eigenvalue weighted by Crippen LogP contribution is 2.26. The van der Waals surface area contributed by atoms with Crippen LogP contribution in [0.5, 0.6) is 5.75 Å². The summed E-state index contributed by atoms with van der Waals surface area (Å²) < 4.78 is 5.27. The number of benzene rings is 2. The molecule has 4 rings (SSSR count). The minimum absolute atomic E-state index is 0.0179. The normalized spacial score (nSPS) is 17.5. The Morgan fingerprint density at radius 1 is 1.11 bits per heavy atom. The molecule has 2 heterocycles. The summed E-state index contributed by atoms with van der Waals surface area (Å²) in [5.41, 5.74) is 3.38. The summed E-state index contributed by atoms with van der Waals surface area (Å²) in [4.78, 5) is 17.3. The highest BCUT2D eigenvalue weighted by atomic mass is 16.5. The molecule has 0 bridgehead atoms. The Labute approximate surface area is 164 Å². The molecule has 1 aliphatic heterocycles. The predicted molar refractivity (Wildman–Crippen MR) is 108 cm³/mol. The fourth-order valence-electron chi connectivity index (χ4n) is 3.63. The van der Waals surface area contributed by atoms with Gasteiger partial charge in [0.2, 0.25) is 0 Å². The number of carbonyl (C=O) groups is 1. The van der Waals surface area contributed by atoms with Gasteiger partial charge in [-0.1, -0.05) is 42.5 Å². The van der Waals surface area contributed by atoms with Gasteiger partial charge in [-0.3, -0.25) is 14.8 Å². The lowest BCUT2D eigenvalue weighted by atomic mass is 10.0. The van der Waals surface area contributed by atoms with Crippen LogP contribution in [0.15, 0.2) is 60.7 Å². The summed E-state index contributed by atoms with van der Waals surface area (Å²) in [7, 11) is 3.74. The van der Waals surface area contributed by atoms with Crippen molar-refractivity contribution < 1.29 is 9.53 Å². The van der Waals surface area contributed by atoms with Crippen LogP contribution in [0.4, 0.5) is 0 Å². The van der Waals surface area contributed by atoms with E-state index in [4.69, 9.17) is 4.74 Å². The molecule has 1 amide bonds. The smallest absolute Gasteiger partial charge is 0.271 e. The number of hydrogen-bond donors (Lipinski definition) is 1. The minimum Gasteiger partial charge on any atom is -0.497 e.